The molecular weight excluding hydrogens is 248 g/mol. The van der Waals surface area contributed by atoms with Crippen molar-refractivity contribution in [3.8, 4) is 0 Å². The summed E-state index contributed by atoms with van der Waals surface area (Å²) in [4.78, 5) is 10.4. The first-order valence-corrected chi connectivity index (χ1v) is 6.20. The highest BCUT2D eigenvalue weighted by Crippen LogP contribution is 2.26. The number of nitrogens with one attached hydrogen (secondary N) is 2. The van der Waals surface area contributed by atoms with Crippen LogP contribution in [0.1, 0.15) is 13.3 Å². The van der Waals surface area contributed by atoms with E-state index in [0.29, 0.717) is 30.5 Å². The number of nitrogens with zero attached hydrogens (tertiary/aromatic N) is 1. The zero-order valence-electron chi connectivity index (χ0n) is 10.8. The number of hydrogen-bond donors (Lipinski definition) is 3. The van der Waals surface area contributed by atoms with Gasteiger partial charge in [-0.2, -0.15) is 0 Å². The second kappa shape index (κ2) is 5.85. The predicted molar refractivity (Wildman–Crippen MR) is 72.9 cm³/mol. The van der Waals surface area contributed by atoms with E-state index in [-0.39, 0.29) is 11.7 Å². The molecule has 0 saturated carbocycles. The Balaban J connectivity index is 2.18. The smallest absolute Gasteiger partial charge is 0.273 e. The Morgan fingerprint density at radius 2 is 2.16 bits per heavy atom. The third-order valence-corrected chi connectivity index (χ3v) is 3.29. The van der Waals surface area contributed by atoms with Crippen LogP contribution in [0, 0.1) is 16.0 Å². The summed E-state index contributed by atoms with van der Waals surface area (Å²) >= 11 is 0. The highest BCUT2D eigenvalue weighted by molar-refractivity contribution is 5.63. The second-order valence-corrected chi connectivity index (χ2v) is 4.76. The number of ether oxygens (including phenoxy) is 1. The molecule has 1 aliphatic rings. The van der Waals surface area contributed by atoms with E-state index in [0.717, 1.165) is 6.42 Å². The fraction of sp³-hybridized carbons (Fsp3) is 0.500. The fourth-order valence-electron chi connectivity index (χ4n) is 2.19. The Bertz CT molecular complexity index is 466. The van der Waals surface area contributed by atoms with E-state index in [9.17, 15) is 10.1 Å². The molecule has 2 rings (SSSR count). The van der Waals surface area contributed by atoms with Gasteiger partial charge in [-0.1, -0.05) is 6.92 Å². The summed E-state index contributed by atoms with van der Waals surface area (Å²) < 4.78 is 5.38. The molecule has 1 aromatic rings. The van der Waals surface area contributed by atoms with E-state index in [4.69, 9.17) is 10.6 Å². The van der Waals surface area contributed by atoms with Crippen molar-refractivity contribution < 1.29 is 9.66 Å². The van der Waals surface area contributed by atoms with E-state index < -0.39 is 4.92 Å². The molecule has 4 N–H and O–H groups in total. The van der Waals surface area contributed by atoms with Crippen LogP contribution in [0.2, 0.25) is 0 Å². The Kier molecular flexibility index (Phi) is 4.18. The predicted octanol–water partition coefficient (Wildman–Crippen LogP) is 1.72. The van der Waals surface area contributed by atoms with Gasteiger partial charge in [0.2, 0.25) is 0 Å². The van der Waals surface area contributed by atoms with Crippen LogP contribution in [0.25, 0.3) is 0 Å². The van der Waals surface area contributed by atoms with E-state index >= 15 is 0 Å². The third kappa shape index (κ3) is 3.33. The minimum absolute atomic E-state index is 0.0117. The summed E-state index contributed by atoms with van der Waals surface area (Å²) in [6.45, 7) is 3.50. The van der Waals surface area contributed by atoms with Gasteiger partial charge in [0.15, 0.2) is 0 Å². The SMILES string of the molecule is CC1COCCC1Nc1cc(NN)cc([N+](=O)[O-])c1. The molecule has 104 valence electrons. The number of nitro benzene ring substituents is 1. The van der Waals surface area contributed by atoms with Crippen LogP contribution in [-0.4, -0.2) is 24.2 Å². The molecule has 0 amide bonds. The molecule has 0 radical (unpaired) electrons. The summed E-state index contributed by atoms with van der Waals surface area (Å²) in [7, 11) is 0. The number of non-ortho nitro benzene ring substituents is 1. The fourth-order valence-corrected chi connectivity index (χ4v) is 2.19. The van der Waals surface area contributed by atoms with Crippen LogP contribution in [0.5, 0.6) is 0 Å². The molecule has 2 atom stereocenters. The number of hydrazine groups is 1. The number of hydrogen-bond acceptors (Lipinski definition) is 6. The van der Waals surface area contributed by atoms with Crippen molar-refractivity contribution in [2.75, 3.05) is 24.0 Å². The Hall–Kier alpha value is -1.86. The molecule has 1 aliphatic heterocycles. The highest BCUT2D eigenvalue weighted by atomic mass is 16.6. The van der Waals surface area contributed by atoms with Crippen molar-refractivity contribution in [2.45, 2.75) is 19.4 Å². The van der Waals surface area contributed by atoms with E-state index in [1.807, 2.05) is 0 Å². The van der Waals surface area contributed by atoms with E-state index in [2.05, 4.69) is 17.7 Å². The topological polar surface area (TPSA) is 102 Å². The molecule has 1 heterocycles. The van der Waals surface area contributed by atoms with Crippen LogP contribution in [0.15, 0.2) is 18.2 Å². The number of benzene rings is 1. The van der Waals surface area contributed by atoms with Gasteiger partial charge >= 0.3 is 0 Å². The maximum atomic E-state index is 10.9. The van der Waals surface area contributed by atoms with Gasteiger partial charge in [-0.05, 0) is 18.4 Å². The molecule has 7 heteroatoms. The monoisotopic (exact) mass is 266 g/mol. The van der Waals surface area contributed by atoms with Crippen LogP contribution in [-0.2, 0) is 4.74 Å². The van der Waals surface area contributed by atoms with Crippen molar-refractivity contribution in [1.82, 2.24) is 0 Å². The summed E-state index contributed by atoms with van der Waals surface area (Å²) in [6, 6.07) is 4.93. The molecule has 0 aromatic heterocycles. The molecule has 1 saturated heterocycles. The second-order valence-electron chi connectivity index (χ2n) is 4.76. The molecule has 7 nitrogen and oxygen atoms in total. The van der Waals surface area contributed by atoms with Crippen molar-refractivity contribution in [3.63, 3.8) is 0 Å². The Morgan fingerprint density at radius 1 is 1.42 bits per heavy atom. The number of nitrogens with two attached hydrogens (primary N) is 1. The van der Waals surface area contributed by atoms with Crippen molar-refractivity contribution in [3.05, 3.63) is 28.3 Å². The Morgan fingerprint density at radius 3 is 2.79 bits per heavy atom. The molecule has 1 fully saturated rings. The number of anilines is 2. The summed E-state index contributed by atoms with van der Waals surface area (Å²) in [5.74, 6) is 5.69. The number of nitrogen functional groups attached to an aromatic ring is 1. The zero-order valence-corrected chi connectivity index (χ0v) is 10.8. The number of rotatable bonds is 4. The lowest BCUT2D eigenvalue weighted by molar-refractivity contribution is -0.384. The minimum Gasteiger partial charge on any atom is -0.382 e. The maximum Gasteiger partial charge on any atom is 0.273 e. The molecule has 0 spiro atoms. The van der Waals surface area contributed by atoms with Gasteiger partial charge in [0.25, 0.3) is 5.69 Å². The lowest BCUT2D eigenvalue weighted by Crippen LogP contribution is -2.35. The lowest BCUT2D eigenvalue weighted by Gasteiger charge is -2.30. The minimum atomic E-state index is -0.431. The molecule has 19 heavy (non-hydrogen) atoms. The standard InChI is InChI=1S/C12H18N4O3/c1-8-7-19-3-2-12(8)14-9-4-10(15-13)6-11(5-9)16(17)18/h4-6,8,12,14-15H,2-3,7,13H2,1H3. The number of nitro groups is 1. The normalized spacial score (nSPS) is 22.8. The first kappa shape index (κ1) is 13.6. The van der Waals surface area contributed by atoms with Gasteiger partial charge in [-0.25, -0.2) is 0 Å². The van der Waals surface area contributed by atoms with Crippen LogP contribution >= 0.6 is 0 Å². The van der Waals surface area contributed by atoms with Gasteiger partial charge in [-0.3, -0.25) is 16.0 Å². The quantitative estimate of drug-likeness (QED) is 0.435. The third-order valence-electron chi connectivity index (χ3n) is 3.29. The molecule has 1 aromatic carbocycles. The summed E-state index contributed by atoms with van der Waals surface area (Å²) in [5.41, 5.74) is 3.66. The average molecular weight is 266 g/mol. The maximum absolute atomic E-state index is 10.9. The Labute approximate surface area is 111 Å². The molecule has 0 bridgehead atoms. The van der Waals surface area contributed by atoms with Gasteiger partial charge in [0.1, 0.15) is 0 Å². The highest BCUT2D eigenvalue weighted by Gasteiger charge is 2.22. The van der Waals surface area contributed by atoms with Crippen molar-refractivity contribution >= 4 is 17.1 Å². The summed E-state index contributed by atoms with van der Waals surface area (Å²) in [5, 5.41) is 14.2. The average Bonchev–Trinajstić information content (AvgIpc) is 2.41. The van der Waals surface area contributed by atoms with Gasteiger partial charge in [0, 0.05) is 30.5 Å². The summed E-state index contributed by atoms with van der Waals surface area (Å²) in [6.07, 6.45) is 0.884. The van der Waals surface area contributed by atoms with E-state index in [1.165, 1.54) is 12.1 Å². The van der Waals surface area contributed by atoms with Crippen LogP contribution < -0.4 is 16.6 Å². The first-order chi connectivity index (χ1) is 9.10. The first-order valence-electron chi connectivity index (χ1n) is 6.20. The van der Waals surface area contributed by atoms with Gasteiger partial charge in [-0.15, -0.1) is 0 Å². The van der Waals surface area contributed by atoms with Crippen molar-refractivity contribution in [1.29, 1.82) is 0 Å². The van der Waals surface area contributed by atoms with E-state index in [1.54, 1.807) is 6.07 Å². The van der Waals surface area contributed by atoms with Crippen molar-refractivity contribution in [2.24, 2.45) is 11.8 Å². The molecular formula is C12H18N4O3. The van der Waals surface area contributed by atoms with Crippen LogP contribution in [0.3, 0.4) is 0 Å². The van der Waals surface area contributed by atoms with Gasteiger partial charge in [0.05, 0.1) is 17.2 Å². The lowest BCUT2D eigenvalue weighted by atomic mass is 9.97. The largest absolute Gasteiger partial charge is 0.382 e. The van der Waals surface area contributed by atoms with Crippen LogP contribution in [0.4, 0.5) is 17.1 Å². The molecule has 0 aliphatic carbocycles. The zero-order chi connectivity index (χ0) is 13.8. The van der Waals surface area contributed by atoms with Gasteiger partial charge < -0.3 is 15.5 Å². The molecule has 2 unspecified atom stereocenters.